The Bertz CT molecular complexity index is 494. The van der Waals surface area contributed by atoms with Crippen LogP contribution in [-0.2, 0) is 10.2 Å². The maximum absolute atomic E-state index is 12.7. The molecule has 2 rings (SSSR count). The van der Waals surface area contributed by atoms with Gasteiger partial charge in [-0.2, -0.15) is 0 Å². The first-order chi connectivity index (χ1) is 11.6. The maximum Gasteiger partial charge on any atom is 0.237 e. The minimum absolute atomic E-state index is 0. The zero-order valence-corrected chi connectivity index (χ0v) is 16.8. The van der Waals surface area contributed by atoms with Crippen LogP contribution in [0.4, 0.5) is 0 Å². The third-order valence-electron chi connectivity index (χ3n) is 5.50. The summed E-state index contributed by atoms with van der Waals surface area (Å²) in [5.41, 5.74) is 1.52. The Morgan fingerprint density at radius 1 is 1.12 bits per heavy atom. The molecule has 0 aromatic heterocycles. The van der Waals surface area contributed by atoms with Crippen LogP contribution in [0.3, 0.4) is 0 Å². The van der Waals surface area contributed by atoms with Gasteiger partial charge in [-0.3, -0.25) is 9.69 Å². The van der Waals surface area contributed by atoms with Gasteiger partial charge in [-0.05, 0) is 51.3 Å². The van der Waals surface area contributed by atoms with Crippen molar-refractivity contribution in [2.45, 2.75) is 70.8 Å². The highest BCUT2D eigenvalue weighted by atomic mass is 35.5. The van der Waals surface area contributed by atoms with E-state index in [4.69, 9.17) is 0 Å². The first-order valence-corrected chi connectivity index (χ1v) is 9.70. The van der Waals surface area contributed by atoms with Crippen LogP contribution in [0, 0.1) is 0 Å². The Kier molecular flexibility index (Phi) is 9.52. The van der Waals surface area contributed by atoms with E-state index in [0.29, 0.717) is 0 Å². The molecule has 0 heterocycles. The van der Waals surface area contributed by atoms with E-state index >= 15 is 0 Å². The molecule has 25 heavy (non-hydrogen) atoms. The summed E-state index contributed by atoms with van der Waals surface area (Å²) in [4.78, 5) is 15.0. The Morgan fingerprint density at radius 2 is 1.68 bits per heavy atom. The normalized spacial score (nSPS) is 17.1. The summed E-state index contributed by atoms with van der Waals surface area (Å²) >= 11 is 0. The van der Waals surface area contributed by atoms with Crippen LogP contribution in [0.5, 0.6) is 0 Å². The molecule has 0 radical (unpaired) electrons. The summed E-state index contributed by atoms with van der Waals surface area (Å²) in [5, 5.41) is 3.28. The molecule has 0 aliphatic heterocycles. The van der Waals surface area contributed by atoms with Crippen molar-refractivity contribution in [2.24, 2.45) is 0 Å². The molecule has 0 spiro atoms. The minimum Gasteiger partial charge on any atom is -1.00 e. The standard InChI is InChI=1S/C21H34N2O.ClH/c1-4-15-23(16-5-2)18(3)20(24)22-17-21(13-9-10-14-21)19-11-7-6-8-12-19;/h6-8,11-12,18H,4-5,9-10,13-17H2,1-3H3,(H,22,24);1H/p-1. The fraction of sp³-hybridized carbons (Fsp3) is 0.667. The van der Waals surface area contributed by atoms with Gasteiger partial charge in [-0.1, -0.05) is 57.0 Å². The fourth-order valence-electron chi connectivity index (χ4n) is 4.05. The number of hydrogen-bond acceptors (Lipinski definition) is 2. The molecule has 0 saturated heterocycles. The molecule has 1 aromatic carbocycles. The SMILES string of the molecule is CCCN(CCC)C(C)C(=O)NCC1(c2ccccc2)CCCC1.[Cl-]. The van der Waals surface area contributed by atoms with Gasteiger partial charge in [0.05, 0.1) is 6.04 Å². The van der Waals surface area contributed by atoms with Crippen LogP contribution in [0.2, 0.25) is 0 Å². The van der Waals surface area contributed by atoms with Gasteiger partial charge in [0.15, 0.2) is 0 Å². The van der Waals surface area contributed by atoms with Gasteiger partial charge in [0.25, 0.3) is 0 Å². The average Bonchev–Trinajstić information content (AvgIpc) is 3.10. The first kappa shape index (κ1) is 22.0. The number of hydrogen-bond donors (Lipinski definition) is 1. The molecule has 1 aliphatic rings. The molecule has 1 atom stereocenters. The van der Waals surface area contributed by atoms with Crippen molar-refractivity contribution in [1.29, 1.82) is 0 Å². The number of halogens is 1. The lowest BCUT2D eigenvalue weighted by molar-refractivity contribution is -0.126. The van der Waals surface area contributed by atoms with Crippen LogP contribution in [0.1, 0.15) is 64.9 Å². The van der Waals surface area contributed by atoms with Gasteiger partial charge in [0, 0.05) is 12.0 Å². The highest BCUT2D eigenvalue weighted by molar-refractivity contribution is 5.81. The van der Waals surface area contributed by atoms with E-state index in [2.05, 4.69) is 54.4 Å². The number of carbonyl (C=O) groups is 1. The zero-order valence-electron chi connectivity index (χ0n) is 16.1. The second kappa shape index (κ2) is 10.8. The van der Waals surface area contributed by atoms with Gasteiger partial charge in [0.2, 0.25) is 5.91 Å². The Labute approximate surface area is 160 Å². The van der Waals surface area contributed by atoms with Crippen molar-refractivity contribution in [1.82, 2.24) is 10.2 Å². The summed E-state index contributed by atoms with van der Waals surface area (Å²) in [5.74, 6) is 0.180. The summed E-state index contributed by atoms with van der Waals surface area (Å²) in [6, 6.07) is 10.7. The predicted octanol–water partition coefficient (Wildman–Crippen LogP) is 1.13. The molecule has 1 fully saturated rings. The number of rotatable bonds is 9. The molecule has 0 bridgehead atoms. The zero-order chi connectivity index (χ0) is 17.4. The topological polar surface area (TPSA) is 32.3 Å². The largest absolute Gasteiger partial charge is 1.00 e. The molecular formula is C21H34ClN2O-. The van der Waals surface area contributed by atoms with Gasteiger partial charge >= 0.3 is 0 Å². The Balaban J connectivity index is 0.00000312. The number of amides is 1. The monoisotopic (exact) mass is 365 g/mol. The maximum atomic E-state index is 12.7. The summed E-state index contributed by atoms with van der Waals surface area (Å²) in [6.45, 7) is 9.15. The van der Waals surface area contributed by atoms with Gasteiger partial charge in [0.1, 0.15) is 0 Å². The van der Waals surface area contributed by atoms with Crippen molar-refractivity contribution in [3.63, 3.8) is 0 Å². The molecule has 3 nitrogen and oxygen atoms in total. The number of nitrogens with one attached hydrogen (secondary N) is 1. The number of benzene rings is 1. The molecule has 4 heteroatoms. The Morgan fingerprint density at radius 3 is 2.20 bits per heavy atom. The van der Waals surface area contributed by atoms with Crippen LogP contribution < -0.4 is 17.7 Å². The molecular weight excluding hydrogens is 332 g/mol. The van der Waals surface area contributed by atoms with E-state index in [1.807, 2.05) is 6.92 Å². The molecule has 1 unspecified atom stereocenters. The number of carbonyl (C=O) groups excluding carboxylic acids is 1. The van der Waals surface area contributed by atoms with Gasteiger partial charge < -0.3 is 17.7 Å². The smallest absolute Gasteiger partial charge is 0.237 e. The third kappa shape index (κ3) is 5.72. The van der Waals surface area contributed by atoms with E-state index in [-0.39, 0.29) is 29.8 Å². The highest BCUT2D eigenvalue weighted by Gasteiger charge is 2.36. The lowest BCUT2D eigenvalue weighted by Crippen LogP contribution is -3.00. The highest BCUT2D eigenvalue weighted by Crippen LogP contribution is 2.40. The van der Waals surface area contributed by atoms with Crippen molar-refractivity contribution < 1.29 is 17.2 Å². The van der Waals surface area contributed by atoms with Crippen LogP contribution >= 0.6 is 0 Å². The molecule has 142 valence electrons. The molecule has 1 N–H and O–H groups in total. The summed E-state index contributed by atoms with van der Waals surface area (Å²) in [6.07, 6.45) is 7.06. The minimum atomic E-state index is -0.0425. The summed E-state index contributed by atoms with van der Waals surface area (Å²) in [7, 11) is 0. The van der Waals surface area contributed by atoms with Crippen molar-refractivity contribution in [3.05, 3.63) is 35.9 Å². The predicted molar refractivity (Wildman–Crippen MR) is 101 cm³/mol. The molecule has 1 aliphatic carbocycles. The second-order valence-corrected chi connectivity index (χ2v) is 7.28. The van der Waals surface area contributed by atoms with E-state index in [1.165, 1.54) is 31.2 Å². The molecule has 1 amide bonds. The second-order valence-electron chi connectivity index (χ2n) is 7.28. The van der Waals surface area contributed by atoms with Crippen molar-refractivity contribution >= 4 is 5.91 Å². The van der Waals surface area contributed by atoms with Crippen LogP contribution in [0.15, 0.2) is 30.3 Å². The third-order valence-corrected chi connectivity index (χ3v) is 5.50. The van der Waals surface area contributed by atoms with E-state index in [0.717, 1.165) is 32.5 Å². The lowest BCUT2D eigenvalue weighted by Gasteiger charge is -2.32. The fourth-order valence-corrected chi connectivity index (χ4v) is 4.05. The van der Waals surface area contributed by atoms with E-state index in [9.17, 15) is 4.79 Å². The van der Waals surface area contributed by atoms with Crippen LogP contribution in [-0.4, -0.2) is 36.5 Å². The lowest BCUT2D eigenvalue weighted by atomic mass is 9.79. The quantitative estimate of drug-likeness (QED) is 0.711. The first-order valence-electron chi connectivity index (χ1n) is 9.70. The van der Waals surface area contributed by atoms with Crippen molar-refractivity contribution in [3.8, 4) is 0 Å². The van der Waals surface area contributed by atoms with Gasteiger partial charge in [-0.25, -0.2) is 0 Å². The van der Waals surface area contributed by atoms with Crippen LogP contribution in [0.25, 0.3) is 0 Å². The van der Waals surface area contributed by atoms with E-state index in [1.54, 1.807) is 0 Å². The Hall–Kier alpha value is -1.06. The summed E-state index contributed by atoms with van der Waals surface area (Å²) < 4.78 is 0. The molecule has 1 aromatic rings. The van der Waals surface area contributed by atoms with Crippen molar-refractivity contribution in [2.75, 3.05) is 19.6 Å². The molecule has 1 saturated carbocycles. The number of nitrogens with zero attached hydrogens (tertiary/aromatic N) is 1. The van der Waals surface area contributed by atoms with Gasteiger partial charge in [-0.15, -0.1) is 0 Å². The van der Waals surface area contributed by atoms with E-state index < -0.39 is 0 Å². The average molecular weight is 366 g/mol.